The third kappa shape index (κ3) is 4.45. The maximum atomic E-state index is 11.6. The molecule has 0 aromatic carbocycles. The van der Waals surface area contributed by atoms with Crippen molar-refractivity contribution in [1.29, 1.82) is 0 Å². The molecular weight excluding hydrogens is 348 g/mol. The van der Waals surface area contributed by atoms with Gasteiger partial charge in [-0.15, -0.1) is 0 Å². The molecule has 3 heteroatoms. The van der Waals surface area contributed by atoms with Crippen molar-refractivity contribution in [2.45, 2.75) is 84.7 Å². The second-order valence-corrected chi connectivity index (χ2v) is 9.54. The van der Waals surface area contributed by atoms with Gasteiger partial charge >= 0.3 is 5.97 Å². The first-order valence-corrected chi connectivity index (χ1v) is 11.3. The summed E-state index contributed by atoms with van der Waals surface area (Å²) in [6.07, 6.45) is 13.5. The van der Waals surface area contributed by atoms with Crippen molar-refractivity contribution in [2.24, 2.45) is 23.2 Å². The zero-order chi connectivity index (χ0) is 20.3. The van der Waals surface area contributed by atoms with Gasteiger partial charge in [-0.2, -0.15) is 0 Å². The van der Waals surface area contributed by atoms with Crippen LogP contribution in [0.5, 0.6) is 0 Å². The van der Waals surface area contributed by atoms with Gasteiger partial charge in [0.1, 0.15) is 0 Å². The van der Waals surface area contributed by atoms with Gasteiger partial charge in [0.2, 0.25) is 0 Å². The van der Waals surface area contributed by atoms with Crippen LogP contribution < -0.4 is 0 Å². The summed E-state index contributed by atoms with van der Waals surface area (Å²) in [6.45, 7) is 11.3. The number of aliphatic hydroxyl groups excluding tert-OH is 1. The maximum absolute atomic E-state index is 11.6. The summed E-state index contributed by atoms with van der Waals surface area (Å²) in [4.78, 5) is 11.6. The third-order valence-corrected chi connectivity index (χ3v) is 7.71. The van der Waals surface area contributed by atoms with Crippen LogP contribution >= 0.6 is 0 Å². The van der Waals surface area contributed by atoms with E-state index in [2.05, 4.69) is 32.6 Å². The predicted octanol–water partition coefficient (Wildman–Crippen LogP) is 5.75. The van der Waals surface area contributed by atoms with Crippen LogP contribution in [-0.4, -0.2) is 23.8 Å². The molecule has 0 bridgehead atoms. The molecule has 5 unspecified atom stereocenters. The highest BCUT2D eigenvalue weighted by molar-refractivity contribution is 5.68. The molecule has 156 valence electrons. The van der Waals surface area contributed by atoms with E-state index in [1.165, 1.54) is 43.3 Å². The Bertz CT molecular complexity index is 659. The second-order valence-electron chi connectivity index (χ2n) is 9.54. The van der Waals surface area contributed by atoms with Crippen LogP contribution in [-0.2, 0) is 9.53 Å². The highest BCUT2D eigenvalue weighted by Gasteiger charge is 2.50. The van der Waals surface area contributed by atoms with Gasteiger partial charge in [0, 0.05) is 6.42 Å². The van der Waals surface area contributed by atoms with Crippen molar-refractivity contribution in [3.63, 3.8) is 0 Å². The Kier molecular flexibility index (Phi) is 6.85. The molecule has 0 aromatic rings. The number of rotatable bonds is 5. The van der Waals surface area contributed by atoms with Crippen LogP contribution in [0.1, 0.15) is 78.6 Å². The summed E-state index contributed by atoms with van der Waals surface area (Å²) >= 11 is 0. The molecule has 0 aromatic heterocycles. The lowest BCUT2D eigenvalue weighted by atomic mass is 9.61. The lowest BCUT2D eigenvalue weighted by Crippen LogP contribution is -2.37. The molecule has 3 fully saturated rings. The molecule has 0 saturated heterocycles. The van der Waals surface area contributed by atoms with E-state index in [1.54, 1.807) is 5.57 Å². The number of carbonyl (C=O) groups excluding carboxylic acids is 1. The molecule has 3 nitrogen and oxygen atoms in total. The number of ether oxygens (including phenoxy) is 1. The SMILES string of the molecule is C=C1CCC(O)CC1=CC=C1CCCC2(C)C1CCC2C(C)COC(=O)CC. The predicted molar refractivity (Wildman–Crippen MR) is 114 cm³/mol. The van der Waals surface area contributed by atoms with E-state index in [4.69, 9.17) is 4.74 Å². The standard InChI is InChI=1S/C25H38O3/c1-5-24(27)28-16-18(3)22-12-13-23-19(7-6-14-25(22,23)4)9-10-20-15-21(26)11-8-17(20)2/h9-10,18,21-23,26H,2,5-8,11-16H2,1,3-4H3. The first kappa shape index (κ1) is 21.4. The summed E-state index contributed by atoms with van der Waals surface area (Å²) < 4.78 is 5.47. The summed E-state index contributed by atoms with van der Waals surface area (Å²) in [7, 11) is 0. The molecule has 1 N–H and O–H groups in total. The normalized spacial score (nSPS) is 37.1. The van der Waals surface area contributed by atoms with Crippen LogP contribution in [0.4, 0.5) is 0 Å². The maximum Gasteiger partial charge on any atom is 0.305 e. The Morgan fingerprint density at radius 2 is 2.11 bits per heavy atom. The van der Waals surface area contributed by atoms with Gasteiger partial charge in [-0.05, 0) is 80.1 Å². The topological polar surface area (TPSA) is 46.5 Å². The van der Waals surface area contributed by atoms with E-state index >= 15 is 0 Å². The van der Waals surface area contributed by atoms with Crippen molar-refractivity contribution in [3.8, 4) is 0 Å². The van der Waals surface area contributed by atoms with Gasteiger partial charge in [-0.1, -0.05) is 50.6 Å². The number of fused-ring (bicyclic) bond motifs is 1. The fourth-order valence-corrected chi connectivity index (χ4v) is 6.05. The van der Waals surface area contributed by atoms with Crippen LogP contribution in [0, 0.1) is 23.2 Å². The van der Waals surface area contributed by atoms with Gasteiger partial charge in [0.05, 0.1) is 12.7 Å². The number of hydrogen-bond acceptors (Lipinski definition) is 3. The molecule has 3 aliphatic rings. The minimum Gasteiger partial charge on any atom is -0.465 e. The van der Waals surface area contributed by atoms with Crippen LogP contribution in [0.25, 0.3) is 0 Å². The van der Waals surface area contributed by atoms with Crippen molar-refractivity contribution in [2.75, 3.05) is 6.61 Å². The van der Waals surface area contributed by atoms with Gasteiger partial charge in [0.15, 0.2) is 0 Å². The van der Waals surface area contributed by atoms with Crippen LogP contribution in [0.15, 0.2) is 35.5 Å². The van der Waals surface area contributed by atoms with Gasteiger partial charge in [0.25, 0.3) is 0 Å². The van der Waals surface area contributed by atoms with Crippen molar-refractivity contribution in [3.05, 3.63) is 35.5 Å². The first-order valence-electron chi connectivity index (χ1n) is 11.3. The largest absolute Gasteiger partial charge is 0.465 e. The van der Waals surface area contributed by atoms with Crippen molar-refractivity contribution >= 4 is 5.97 Å². The van der Waals surface area contributed by atoms with E-state index in [9.17, 15) is 9.90 Å². The van der Waals surface area contributed by atoms with E-state index in [0.717, 1.165) is 19.3 Å². The minimum atomic E-state index is -0.214. The Balaban J connectivity index is 1.72. The quantitative estimate of drug-likeness (QED) is 0.612. The second kappa shape index (κ2) is 8.98. The smallest absolute Gasteiger partial charge is 0.305 e. The molecule has 5 atom stereocenters. The molecule has 0 spiro atoms. The van der Waals surface area contributed by atoms with Gasteiger partial charge < -0.3 is 9.84 Å². The Morgan fingerprint density at radius 3 is 2.86 bits per heavy atom. The molecule has 28 heavy (non-hydrogen) atoms. The summed E-state index contributed by atoms with van der Waals surface area (Å²) in [5.41, 5.74) is 4.31. The monoisotopic (exact) mass is 386 g/mol. The molecule has 3 aliphatic carbocycles. The average Bonchev–Trinajstić information content (AvgIpc) is 3.04. The molecule has 0 heterocycles. The van der Waals surface area contributed by atoms with E-state index in [-0.39, 0.29) is 12.1 Å². The number of hydrogen-bond donors (Lipinski definition) is 1. The zero-order valence-corrected chi connectivity index (χ0v) is 18.0. The molecule has 0 aliphatic heterocycles. The first-order chi connectivity index (χ1) is 13.3. The molecule has 3 rings (SSSR count). The number of aliphatic hydroxyl groups is 1. The van der Waals surface area contributed by atoms with Crippen molar-refractivity contribution in [1.82, 2.24) is 0 Å². The lowest BCUT2D eigenvalue weighted by Gasteiger charge is -2.44. The number of esters is 1. The summed E-state index contributed by atoms with van der Waals surface area (Å²) in [6, 6.07) is 0. The molecular formula is C25H38O3. The van der Waals surface area contributed by atoms with Crippen LogP contribution in [0.3, 0.4) is 0 Å². The highest BCUT2D eigenvalue weighted by atomic mass is 16.5. The third-order valence-electron chi connectivity index (χ3n) is 7.71. The number of carbonyl (C=O) groups is 1. The number of allylic oxidation sites excluding steroid dienone is 4. The summed E-state index contributed by atoms with van der Waals surface area (Å²) in [5.74, 6) is 1.58. The Hall–Kier alpha value is -1.35. The highest BCUT2D eigenvalue weighted by Crippen LogP contribution is 2.59. The molecule has 0 radical (unpaired) electrons. The van der Waals surface area contributed by atoms with E-state index in [0.29, 0.717) is 36.2 Å². The molecule has 3 saturated carbocycles. The lowest BCUT2D eigenvalue weighted by molar-refractivity contribution is -0.145. The average molecular weight is 387 g/mol. The zero-order valence-electron chi connectivity index (χ0n) is 18.0. The minimum absolute atomic E-state index is 0.0858. The Morgan fingerprint density at radius 1 is 1.32 bits per heavy atom. The van der Waals surface area contributed by atoms with Crippen LogP contribution in [0.2, 0.25) is 0 Å². The summed E-state index contributed by atoms with van der Waals surface area (Å²) in [5, 5.41) is 9.99. The van der Waals surface area contributed by atoms with E-state index < -0.39 is 0 Å². The molecule has 0 amide bonds. The fraction of sp³-hybridized carbons (Fsp3) is 0.720. The van der Waals surface area contributed by atoms with E-state index in [1.807, 2.05) is 6.92 Å². The van der Waals surface area contributed by atoms with Gasteiger partial charge in [-0.3, -0.25) is 4.79 Å². The Labute approximate surface area is 170 Å². The van der Waals surface area contributed by atoms with Gasteiger partial charge in [-0.25, -0.2) is 0 Å². The fourth-order valence-electron chi connectivity index (χ4n) is 6.05. The van der Waals surface area contributed by atoms with Crippen molar-refractivity contribution < 1.29 is 14.6 Å².